The Bertz CT molecular complexity index is 321. The lowest BCUT2D eigenvalue weighted by molar-refractivity contribution is -0.119. The van der Waals surface area contributed by atoms with Crippen molar-refractivity contribution < 1.29 is 4.79 Å². The van der Waals surface area contributed by atoms with Gasteiger partial charge < -0.3 is 11.1 Å². The zero-order valence-corrected chi connectivity index (χ0v) is 11.1. The summed E-state index contributed by atoms with van der Waals surface area (Å²) >= 11 is 1.09. The summed E-state index contributed by atoms with van der Waals surface area (Å²) in [5.74, 6) is 2.67. The molecule has 4 atom stereocenters. The second-order valence-electron chi connectivity index (χ2n) is 5.35. The maximum atomic E-state index is 11.6. The molecule has 0 spiro atoms. The molecule has 0 aromatic carbocycles. The van der Waals surface area contributed by atoms with Gasteiger partial charge in [-0.2, -0.15) is 0 Å². The standard InChI is InChI=1S/C12H21N3OS/c1-7(15-11(16)6-17-12(13)14)10-5-8-2-3-9(10)4-8/h7-10H,2-6H2,1H3,(H3,13,14)(H,15,16). The van der Waals surface area contributed by atoms with Gasteiger partial charge in [0.25, 0.3) is 0 Å². The maximum Gasteiger partial charge on any atom is 0.230 e. The average molecular weight is 255 g/mol. The molecule has 0 aromatic rings. The molecule has 2 aliphatic rings. The number of amidine groups is 1. The largest absolute Gasteiger partial charge is 0.379 e. The SMILES string of the molecule is CC(NC(=O)CSC(=N)N)C1CC2CCC1C2. The number of fused-ring (bicyclic) bond motifs is 2. The van der Waals surface area contributed by atoms with E-state index in [1.54, 1.807) is 0 Å². The van der Waals surface area contributed by atoms with Crippen molar-refractivity contribution >= 4 is 22.8 Å². The lowest BCUT2D eigenvalue weighted by Crippen LogP contribution is -2.41. The summed E-state index contributed by atoms with van der Waals surface area (Å²) < 4.78 is 0. The second kappa shape index (κ2) is 5.29. The molecular formula is C12H21N3OS. The van der Waals surface area contributed by atoms with E-state index >= 15 is 0 Å². The van der Waals surface area contributed by atoms with Crippen molar-refractivity contribution in [3.05, 3.63) is 0 Å². The minimum Gasteiger partial charge on any atom is -0.379 e. The second-order valence-corrected chi connectivity index (χ2v) is 6.37. The lowest BCUT2D eigenvalue weighted by atomic mass is 9.84. The Labute approximate surface area is 107 Å². The van der Waals surface area contributed by atoms with Crippen molar-refractivity contribution in [3.8, 4) is 0 Å². The third-order valence-electron chi connectivity index (χ3n) is 4.18. The Morgan fingerprint density at radius 2 is 2.29 bits per heavy atom. The fourth-order valence-corrected chi connectivity index (χ4v) is 3.82. The van der Waals surface area contributed by atoms with E-state index in [0.717, 1.165) is 23.6 Å². The highest BCUT2D eigenvalue weighted by molar-refractivity contribution is 8.14. The highest BCUT2D eigenvalue weighted by Crippen LogP contribution is 2.49. The van der Waals surface area contributed by atoms with Gasteiger partial charge in [0.15, 0.2) is 5.17 Å². The van der Waals surface area contributed by atoms with Gasteiger partial charge >= 0.3 is 0 Å². The Balaban J connectivity index is 1.75. The zero-order chi connectivity index (χ0) is 12.4. The van der Waals surface area contributed by atoms with Gasteiger partial charge in [0.2, 0.25) is 5.91 Å². The van der Waals surface area contributed by atoms with Crippen LogP contribution in [0, 0.1) is 23.2 Å². The van der Waals surface area contributed by atoms with E-state index in [-0.39, 0.29) is 22.9 Å². The van der Waals surface area contributed by atoms with Crippen LogP contribution in [0.25, 0.3) is 0 Å². The molecule has 1 amide bonds. The van der Waals surface area contributed by atoms with Crippen molar-refractivity contribution in [3.63, 3.8) is 0 Å². The topological polar surface area (TPSA) is 79.0 Å². The van der Waals surface area contributed by atoms with Crippen LogP contribution in [0.5, 0.6) is 0 Å². The number of nitrogens with one attached hydrogen (secondary N) is 2. The number of hydrogen-bond acceptors (Lipinski definition) is 3. The van der Waals surface area contributed by atoms with Gasteiger partial charge in [-0.3, -0.25) is 10.2 Å². The Kier molecular flexibility index (Phi) is 3.97. The molecule has 0 aromatic heterocycles. The summed E-state index contributed by atoms with van der Waals surface area (Å²) in [6, 6.07) is 0.269. The summed E-state index contributed by atoms with van der Waals surface area (Å²) in [5.41, 5.74) is 5.21. The summed E-state index contributed by atoms with van der Waals surface area (Å²) in [7, 11) is 0. The zero-order valence-electron chi connectivity index (χ0n) is 10.2. The van der Waals surface area contributed by atoms with E-state index in [1.165, 1.54) is 25.7 Å². The van der Waals surface area contributed by atoms with E-state index in [1.807, 2.05) is 0 Å². The molecular weight excluding hydrogens is 234 g/mol. The van der Waals surface area contributed by atoms with Crippen LogP contribution < -0.4 is 11.1 Å². The first-order chi connectivity index (χ1) is 8.06. The molecule has 17 heavy (non-hydrogen) atoms. The van der Waals surface area contributed by atoms with Crippen LogP contribution in [0.3, 0.4) is 0 Å². The van der Waals surface area contributed by atoms with E-state index in [0.29, 0.717) is 5.92 Å². The first kappa shape index (κ1) is 12.7. The van der Waals surface area contributed by atoms with E-state index in [2.05, 4.69) is 12.2 Å². The molecule has 2 bridgehead atoms. The first-order valence-electron chi connectivity index (χ1n) is 6.32. The van der Waals surface area contributed by atoms with Gasteiger partial charge in [-0.05, 0) is 43.9 Å². The van der Waals surface area contributed by atoms with E-state index < -0.39 is 0 Å². The molecule has 0 radical (unpaired) electrons. The van der Waals surface area contributed by atoms with E-state index in [4.69, 9.17) is 11.1 Å². The minimum atomic E-state index is 0.000438. The number of nitrogens with two attached hydrogens (primary N) is 1. The Morgan fingerprint density at radius 3 is 2.82 bits per heavy atom. The van der Waals surface area contributed by atoms with Crippen LogP contribution in [-0.2, 0) is 4.79 Å². The fraction of sp³-hybridized carbons (Fsp3) is 0.833. The van der Waals surface area contributed by atoms with Gasteiger partial charge in [-0.15, -0.1) is 0 Å². The molecule has 2 rings (SSSR count). The number of hydrogen-bond donors (Lipinski definition) is 3. The summed E-state index contributed by atoms with van der Waals surface area (Å²) in [4.78, 5) is 11.6. The van der Waals surface area contributed by atoms with Crippen molar-refractivity contribution in [2.24, 2.45) is 23.5 Å². The van der Waals surface area contributed by atoms with E-state index in [9.17, 15) is 4.79 Å². The van der Waals surface area contributed by atoms with Crippen LogP contribution in [0.1, 0.15) is 32.6 Å². The van der Waals surface area contributed by atoms with Gasteiger partial charge in [0, 0.05) is 6.04 Å². The van der Waals surface area contributed by atoms with Crippen molar-refractivity contribution in [2.45, 2.75) is 38.6 Å². The smallest absolute Gasteiger partial charge is 0.230 e. The monoisotopic (exact) mass is 255 g/mol. The summed E-state index contributed by atoms with van der Waals surface area (Å²) in [5, 5.41) is 10.1. The predicted molar refractivity (Wildman–Crippen MR) is 70.9 cm³/mol. The lowest BCUT2D eigenvalue weighted by Gasteiger charge is -2.28. The molecule has 2 saturated carbocycles. The molecule has 0 saturated heterocycles. The third kappa shape index (κ3) is 3.15. The highest BCUT2D eigenvalue weighted by Gasteiger charge is 2.42. The van der Waals surface area contributed by atoms with Crippen LogP contribution in [0.4, 0.5) is 0 Å². The van der Waals surface area contributed by atoms with Gasteiger partial charge in [-0.1, -0.05) is 18.2 Å². The predicted octanol–water partition coefficient (Wildman–Crippen LogP) is 1.55. The Morgan fingerprint density at radius 1 is 1.53 bits per heavy atom. The van der Waals surface area contributed by atoms with Gasteiger partial charge in [-0.25, -0.2) is 0 Å². The number of amides is 1. The first-order valence-corrected chi connectivity index (χ1v) is 7.31. The maximum absolute atomic E-state index is 11.6. The molecule has 0 heterocycles. The number of carbonyl (C=O) groups excluding carboxylic acids is 1. The van der Waals surface area contributed by atoms with Crippen molar-refractivity contribution in [1.29, 1.82) is 5.41 Å². The van der Waals surface area contributed by atoms with Crippen LogP contribution >= 0.6 is 11.8 Å². The quantitative estimate of drug-likeness (QED) is 0.527. The molecule has 96 valence electrons. The number of thioether (sulfide) groups is 1. The normalized spacial score (nSPS) is 32.4. The average Bonchev–Trinajstić information content (AvgIpc) is 2.87. The molecule has 5 heteroatoms. The third-order valence-corrected chi connectivity index (χ3v) is 4.90. The molecule has 4 nitrogen and oxygen atoms in total. The molecule has 0 aliphatic heterocycles. The highest BCUT2D eigenvalue weighted by atomic mass is 32.2. The number of carbonyl (C=O) groups is 1. The van der Waals surface area contributed by atoms with Gasteiger partial charge in [0.1, 0.15) is 0 Å². The summed E-state index contributed by atoms with van der Waals surface area (Å²) in [6.45, 7) is 2.11. The Hall–Kier alpha value is -0.710. The minimum absolute atomic E-state index is 0.000438. The molecule has 2 fully saturated rings. The van der Waals surface area contributed by atoms with Crippen molar-refractivity contribution in [2.75, 3.05) is 5.75 Å². The summed E-state index contributed by atoms with van der Waals surface area (Å²) in [6.07, 6.45) is 5.39. The van der Waals surface area contributed by atoms with Crippen LogP contribution in [-0.4, -0.2) is 22.9 Å². The van der Waals surface area contributed by atoms with Crippen LogP contribution in [0.2, 0.25) is 0 Å². The molecule has 4 unspecified atom stereocenters. The fourth-order valence-electron chi connectivity index (χ4n) is 3.45. The number of rotatable bonds is 4. The van der Waals surface area contributed by atoms with Crippen LogP contribution in [0.15, 0.2) is 0 Å². The molecule has 4 N–H and O–H groups in total. The molecule has 2 aliphatic carbocycles. The van der Waals surface area contributed by atoms with Crippen molar-refractivity contribution in [1.82, 2.24) is 5.32 Å². The van der Waals surface area contributed by atoms with Gasteiger partial charge in [0.05, 0.1) is 5.75 Å².